The molecule has 114 valence electrons. The fourth-order valence-corrected chi connectivity index (χ4v) is 2.28. The van der Waals surface area contributed by atoms with Gasteiger partial charge in [-0.2, -0.15) is 0 Å². The van der Waals surface area contributed by atoms with Crippen LogP contribution in [0.2, 0.25) is 0 Å². The van der Waals surface area contributed by atoms with Gasteiger partial charge in [0.15, 0.2) is 11.5 Å². The Hall–Kier alpha value is -1.57. The predicted molar refractivity (Wildman–Crippen MR) is 86.3 cm³/mol. The van der Waals surface area contributed by atoms with Crippen LogP contribution in [-0.4, -0.2) is 19.0 Å². The summed E-state index contributed by atoms with van der Waals surface area (Å²) in [6.07, 6.45) is -0.469. The fourth-order valence-electron chi connectivity index (χ4n) is 1.55. The smallest absolute Gasteiger partial charge is 0.333 e. The molecular weight excluding hydrogens is 387 g/mol. The number of hydrogen-bond acceptors (Lipinski definition) is 5. The summed E-state index contributed by atoms with van der Waals surface area (Å²) in [5, 5.41) is 0. The van der Waals surface area contributed by atoms with E-state index in [0.29, 0.717) is 20.6 Å². The molecule has 0 aliphatic carbocycles. The van der Waals surface area contributed by atoms with E-state index in [0.717, 1.165) is 5.56 Å². The van der Waals surface area contributed by atoms with Crippen molar-refractivity contribution in [3.05, 3.63) is 33.4 Å². The van der Waals surface area contributed by atoms with E-state index in [1.54, 1.807) is 26.0 Å². The monoisotopic (exact) mass is 404 g/mol. The van der Waals surface area contributed by atoms with Crippen molar-refractivity contribution in [2.45, 2.75) is 26.9 Å². The highest BCUT2D eigenvalue weighted by atomic mass is 127. The van der Waals surface area contributed by atoms with Crippen LogP contribution in [-0.2, 0) is 14.3 Å². The molecule has 0 heterocycles. The zero-order valence-electron chi connectivity index (χ0n) is 12.4. The summed E-state index contributed by atoms with van der Waals surface area (Å²) >= 11 is 2.03. The van der Waals surface area contributed by atoms with E-state index in [4.69, 9.17) is 14.2 Å². The van der Waals surface area contributed by atoms with Crippen LogP contribution in [0.3, 0.4) is 0 Å². The van der Waals surface area contributed by atoms with Crippen molar-refractivity contribution in [2.24, 2.45) is 0 Å². The molecular formula is C15H17IO5. The first-order chi connectivity index (χ1) is 9.76. The maximum Gasteiger partial charge on any atom is 0.333 e. The standard InChI is InChI=1S/C15H17IO5/c1-8(2)15(18)20-9(3)11-6-12(16)14(21-10(4)17)13(7-11)19-5/h6-7,9H,1H2,2-5H3. The van der Waals surface area contributed by atoms with Crippen molar-refractivity contribution in [3.8, 4) is 11.5 Å². The maximum atomic E-state index is 11.6. The second-order valence-corrected chi connectivity index (χ2v) is 5.62. The number of carbonyl (C=O) groups excluding carboxylic acids is 2. The normalized spacial score (nSPS) is 11.5. The predicted octanol–water partition coefficient (Wildman–Crippen LogP) is 3.41. The number of benzene rings is 1. The van der Waals surface area contributed by atoms with E-state index in [2.05, 4.69) is 6.58 Å². The van der Waals surface area contributed by atoms with Gasteiger partial charge in [0.1, 0.15) is 6.10 Å². The van der Waals surface area contributed by atoms with Gasteiger partial charge >= 0.3 is 11.9 Å². The Bertz CT molecular complexity index is 580. The van der Waals surface area contributed by atoms with E-state index in [9.17, 15) is 9.59 Å². The highest BCUT2D eigenvalue weighted by Gasteiger charge is 2.18. The van der Waals surface area contributed by atoms with Crippen LogP contribution in [0, 0.1) is 3.57 Å². The van der Waals surface area contributed by atoms with Crippen LogP contribution in [0.25, 0.3) is 0 Å². The quantitative estimate of drug-likeness (QED) is 0.326. The minimum atomic E-state index is -0.469. The van der Waals surface area contributed by atoms with Gasteiger partial charge in [0.2, 0.25) is 0 Å². The van der Waals surface area contributed by atoms with Crippen LogP contribution in [0.1, 0.15) is 32.4 Å². The SMILES string of the molecule is C=C(C)C(=O)OC(C)c1cc(I)c(OC(C)=O)c(OC)c1. The number of esters is 2. The highest BCUT2D eigenvalue weighted by Crippen LogP contribution is 2.36. The number of methoxy groups -OCH3 is 1. The molecule has 21 heavy (non-hydrogen) atoms. The summed E-state index contributed by atoms with van der Waals surface area (Å²) < 4.78 is 16.3. The van der Waals surface area contributed by atoms with E-state index in [1.807, 2.05) is 22.6 Å². The first-order valence-electron chi connectivity index (χ1n) is 6.18. The molecule has 0 fully saturated rings. The summed E-state index contributed by atoms with van der Waals surface area (Å²) in [4.78, 5) is 22.7. The fraction of sp³-hybridized carbons (Fsp3) is 0.333. The molecule has 0 bridgehead atoms. The van der Waals surface area contributed by atoms with Gasteiger partial charge in [-0.3, -0.25) is 4.79 Å². The van der Waals surface area contributed by atoms with Crippen LogP contribution in [0.4, 0.5) is 0 Å². The van der Waals surface area contributed by atoms with E-state index in [1.165, 1.54) is 14.0 Å². The third-order valence-electron chi connectivity index (χ3n) is 2.60. The molecule has 0 saturated carbocycles. The van der Waals surface area contributed by atoms with Gasteiger partial charge in [0, 0.05) is 12.5 Å². The van der Waals surface area contributed by atoms with Crippen molar-refractivity contribution in [3.63, 3.8) is 0 Å². The topological polar surface area (TPSA) is 61.8 Å². The second-order valence-electron chi connectivity index (χ2n) is 4.46. The lowest BCUT2D eigenvalue weighted by Crippen LogP contribution is -2.10. The Morgan fingerprint density at radius 1 is 1.29 bits per heavy atom. The van der Waals surface area contributed by atoms with Gasteiger partial charge < -0.3 is 14.2 Å². The number of ether oxygens (including phenoxy) is 3. The minimum absolute atomic E-state index is 0.333. The summed E-state index contributed by atoms with van der Waals surface area (Å²) in [5.74, 6) is -0.126. The van der Waals surface area contributed by atoms with E-state index in [-0.39, 0.29) is 0 Å². The molecule has 0 radical (unpaired) electrons. The van der Waals surface area contributed by atoms with Gasteiger partial charge in [-0.15, -0.1) is 0 Å². The Kier molecular flexibility index (Phi) is 6.19. The molecule has 0 spiro atoms. The molecule has 6 heteroatoms. The van der Waals surface area contributed by atoms with Gasteiger partial charge in [-0.25, -0.2) is 4.79 Å². The average Bonchev–Trinajstić information content (AvgIpc) is 2.39. The van der Waals surface area contributed by atoms with Crippen molar-refractivity contribution >= 4 is 34.5 Å². The molecule has 0 aliphatic rings. The van der Waals surface area contributed by atoms with Gasteiger partial charge in [0.05, 0.1) is 10.7 Å². The molecule has 1 aromatic carbocycles. The lowest BCUT2D eigenvalue weighted by molar-refractivity contribution is -0.143. The number of carbonyl (C=O) groups is 2. The van der Waals surface area contributed by atoms with E-state index < -0.39 is 18.0 Å². The summed E-state index contributed by atoms with van der Waals surface area (Å²) in [6.45, 7) is 8.20. The third-order valence-corrected chi connectivity index (χ3v) is 3.40. The van der Waals surface area contributed by atoms with Crippen LogP contribution >= 0.6 is 22.6 Å². The highest BCUT2D eigenvalue weighted by molar-refractivity contribution is 14.1. The van der Waals surface area contributed by atoms with Crippen LogP contribution in [0.5, 0.6) is 11.5 Å². The second kappa shape index (κ2) is 7.44. The Morgan fingerprint density at radius 3 is 2.38 bits per heavy atom. The van der Waals surface area contributed by atoms with Crippen molar-refractivity contribution < 1.29 is 23.8 Å². The first-order valence-corrected chi connectivity index (χ1v) is 7.26. The molecule has 0 saturated heterocycles. The first kappa shape index (κ1) is 17.5. The molecule has 5 nitrogen and oxygen atoms in total. The molecule has 0 aliphatic heterocycles. The van der Waals surface area contributed by atoms with E-state index >= 15 is 0 Å². The zero-order valence-corrected chi connectivity index (χ0v) is 14.5. The van der Waals surface area contributed by atoms with Gasteiger partial charge in [-0.1, -0.05) is 6.58 Å². The molecule has 1 rings (SSSR count). The largest absolute Gasteiger partial charge is 0.493 e. The zero-order chi connectivity index (χ0) is 16.2. The summed E-state index contributed by atoms with van der Waals surface area (Å²) in [6, 6.07) is 3.45. The molecule has 0 aromatic heterocycles. The van der Waals surface area contributed by atoms with Crippen LogP contribution < -0.4 is 9.47 Å². The van der Waals surface area contributed by atoms with Crippen molar-refractivity contribution in [2.75, 3.05) is 7.11 Å². The average molecular weight is 404 g/mol. The third kappa shape index (κ3) is 4.73. The molecule has 1 aromatic rings. The summed E-state index contributed by atoms with van der Waals surface area (Å²) in [5.41, 5.74) is 1.07. The Labute approximate surface area is 137 Å². The van der Waals surface area contributed by atoms with Crippen LogP contribution in [0.15, 0.2) is 24.3 Å². The lowest BCUT2D eigenvalue weighted by atomic mass is 10.1. The summed E-state index contributed by atoms with van der Waals surface area (Å²) in [7, 11) is 1.48. The molecule has 1 unspecified atom stereocenters. The number of rotatable bonds is 5. The maximum absolute atomic E-state index is 11.6. The van der Waals surface area contributed by atoms with Crippen molar-refractivity contribution in [1.29, 1.82) is 0 Å². The number of halogens is 1. The number of hydrogen-bond donors (Lipinski definition) is 0. The Morgan fingerprint density at radius 2 is 1.90 bits per heavy atom. The molecule has 1 atom stereocenters. The van der Waals surface area contributed by atoms with Crippen molar-refractivity contribution in [1.82, 2.24) is 0 Å². The Balaban J connectivity index is 3.10. The molecule has 0 amide bonds. The lowest BCUT2D eigenvalue weighted by Gasteiger charge is -2.17. The molecule has 0 N–H and O–H groups in total. The van der Waals surface area contributed by atoms with Gasteiger partial charge in [-0.05, 0) is 54.1 Å². The minimum Gasteiger partial charge on any atom is -0.493 e. The van der Waals surface area contributed by atoms with Gasteiger partial charge in [0.25, 0.3) is 0 Å².